The molecule has 0 aromatic carbocycles. The molecule has 0 amide bonds. The molecule has 1 N–H and O–H groups in total. The van der Waals surface area contributed by atoms with Gasteiger partial charge in [0.1, 0.15) is 11.2 Å². The van der Waals surface area contributed by atoms with Crippen LogP contribution in [0.5, 0.6) is 0 Å². The number of aromatic nitrogens is 5. The van der Waals surface area contributed by atoms with E-state index < -0.39 is 0 Å². The van der Waals surface area contributed by atoms with E-state index in [9.17, 15) is 4.79 Å². The SMILES string of the molecule is Cc1nc(C(C)C)c2c(=O)[nH]n(Cc3cccnc3)c2n1. The lowest BCUT2D eigenvalue weighted by Gasteiger charge is -2.08. The van der Waals surface area contributed by atoms with E-state index in [1.54, 1.807) is 17.1 Å². The molecule has 21 heavy (non-hydrogen) atoms. The predicted octanol–water partition coefficient (Wildman–Crippen LogP) is 1.99. The lowest BCUT2D eigenvalue weighted by molar-refractivity contribution is 0.691. The number of nitrogens with one attached hydrogen (secondary N) is 1. The molecule has 6 nitrogen and oxygen atoms in total. The van der Waals surface area contributed by atoms with Crippen molar-refractivity contribution in [2.24, 2.45) is 0 Å². The van der Waals surface area contributed by atoms with Crippen molar-refractivity contribution in [3.8, 4) is 0 Å². The molecule has 0 saturated carbocycles. The molecule has 3 aromatic rings. The first-order valence-corrected chi connectivity index (χ1v) is 6.92. The highest BCUT2D eigenvalue weighted by atomic mass is 16.1. The van der Waals surface area contributed by atoms with Crippen LogP contribution < -0.4 is 5.56 Å². The second-order valence-electron chi connectivity index (χ2n) is 5.40. The number of aryl methyl sites for hydroxylation is 1. The van der Waals surface area contributed by atoms with Gasteiger partial charge in [0.25, 0.3) is 5.56 Å². The molecule has 0 unspecified atom stereocenters. The summed E-state index contributed by atoms with van der Waals surface area (Å²) in [5.74, 6) is 0.842. The van der Waals surface area contributed by atoms with Crippen LogP contribution in [0.2, 0.25) is 0 Å². The molecule has 0 aliphatic heterocycles. The summed E-state index contributed by atoms with van der Waals surface area (Å²) in [7, 11) is 0. The van der Waals surface area contributed by atoms with Crippen LogP contribution in [0.4, 0.5) is 0 Å². The average molecular weight is 283 g/mol. The molecule has 0 aliphatic rings. The van der Waals surface area contributed by atoms with Gasteiger partial charge in [0, 0.05) is 12.4 Å². The highest BCUT2D eigenvalue weighted by Gasteiger charge is 2.17. The van der Waals surface area contributed by atoms with Crippen LogP contribution >= 0.6 is 0 Å². The highest BCUT2D eigenvalue weighted by Crippen LogP contribution is 2.20. The van der Waals surface area contributed by atoms with Gasteiger partial charge in [0.2, 0.25) is 0 Å². The Hall–Kier alpha value is -2.50. The van der Waals surface area contributed by atoms with E-state index in [1.165, 1.54) is 0 Å². The van der Waals surface area contributed by atoms with Crippen molar-refractivity contribution in [3.05, 3.63) is 52.0 Å². The van der Waals surface area contributed by atoms with Crippen LogP contribution in [-0.2, 0) is 6.54 Å². The number of rotatable bonds is 3. The maximum atomic E-state index is 12.3. The molecular formula is C15H17N5O. The minimum atomic E-state index is -0.141. The lowest BCUT2D eigenvalue weighted by Crippen LogP contribution is -2.07. The van der Waals surface area contributed by atoms with Crippen molar-refractivity contribution in [1.29, 1.82) is 0 Å². The quantitative estimate of drug-likeness (QED) is 0.797. The van der Waals surface area contributed by atoms with Crippen molar-refractivity contribution in [3.63, 3.8) is 0 Å². The summed E-state index contributed by atoms with van der Waals surface area (Å²) >= 11 is 0. The average Bonchev–Trinajstić information content (AvgIpc) is 2.75. The Morgan fingerprint density at radius 1 is 1.33 bits per heavy atom. The van der Waals surface area contributed by atoms with Gasteiger partial charge in [-0.1, -0.05) is 19.9 Å². The Morgan fingerprint density at radius 3 is 2.81 bits per heavy atom. The maximum absolute atomic E-state index is 12.3. The number of nitrogens with zero attached hydrogens (tertiary/aromatic N) is 4. The molecule has 108 valence electrons. The summed E-state index contributed by atoms with van der Waals surface area (Å²) in [4.78, 5) is 25.2. The summed E-state index contributed by atoms with van der Waals surface area (Å²) in [6.45, 7) is 6.43. The summed E-state index contributed by atoms with van der Waals surface area (Å²) in [6, 6.07) is 3.84. The van der Waals surface area contributed by atoms with Gasteiger partial charge in [-0.2, -0.15) is 0 Å². The Labute approximate surface area is 121 Å². The van der Waals surface area contributed by atoms with E-state index in [-0.39, 0.29) is 11.5 Å². The fourth-order valence-corrected chi connectivity index (χ4v) is 2.43. The number of aromatic amines is 1. The van der Waals surface area contributed by atoms with Gasteiger partial charge in [-0.15, -0.1) is 0 Å². The monoisotopic (exact) mass is 283 g/mol. The highest BCUT2D eigenvalue weighted by molar-refractivity contribution is 5.77. The van der Waals surface area contributed by atoms with Crippen LogP contribution in [0.15, 0.2) is 29.3 Å². The van der Waals surface area contributed by atoms with E-state index in [1.807, 2.05) is 32.9 Å². The molecule has 0 saturated heterocycles. The fourth-order valence-electron chi connectivity index (χ4n) is 2.43. The third-order valence-electron chi connectivity index (χ3n) is 3.36. The Bertz CT molecular complexity index is 832. The molecule has 0 bridgehead atoms. The van der Waals surface area contributed by atoms with Gasteiger partial charge in [-0.3, -0.25) is 19.6 Å². The van der Waals surface area contributed by atoms with E-state index in [0.717, 1.165) is 11.3 Å². The minimum absolute atomic E-state index is 0.141. The van der Waals surface area contributed by atoms with Gasteiger partial charge in [-0.05, 0) is 24.5 Å². The normalized spacial score (nSPS) is 11.4. The molecule has 0 fully saturated rings. The number of H-pyrrole nitrogens is 1. The minimum Gasteiger partial charge on any atom is -0.267 e. The van der Waals surface area contributed by atoms with Crippen molar-refractivity contribution < 1.29 is 0 Å². The summed E-state index contributed by atoms with van der Waals surface area (Å²) in [5, 5.41) is 3.44. The van der Waals surface area contributed by atoms with Crippen molar-refractivity contribution in [1.82, 2.24) is 24.7 Å². The molecule has 3 heterocycles. The van der Waals surface area contributed by atoms with E-state index in [2.05, 4.69) is 20.1 Å². The van der Waals surface area contributed by atoms with Gasteiger partial charge in [0.05, 0.1) is 12.2 Å². The first-order valence-electron chi connectivity index (χ1n) is 6.92. The predicted molar refractivity (Wildman–Crippen MR) is 80.3 cm³/mol. The van der Waals surface area contributed by atoms with Crippen molar-refractivity contribution >= 4 is 11.0 Å². The fraction of sp³-hybridized carbons (Fsp3) is 0.333. The summed E-state index contributed by atoms with van der Waals surface area (Å²) < 4.78 is 1.76. The molecule has 0 aliphatic carbocycles. The van der Waals surface area contributed by atoms with Gasteiger partial charge >= 0.3 is 0 Å². The summed E-state index contributed by atoms with van der Waals surface area (Å²) in [5.41, 5.74) is 2.31. The Balaban J connectivity index is 2.19. The standard InChI is InChI=1S/C15H17N5O/c1-9(2)13-12-14(18-10(3)17-13)20(19-15(12)21)8-11-5-4-6-16-7-11/h4-7,9H,8H2,1-3H3,(H,19,21). The largest absolute Gasteiger partial charge is 0.275 e. The van der Waals surface area contributed by atoms with Crippen LogP contribution in [-0.4, -0.2) is 24.7 Å². The van der Waals surface area contributed by atoms with Crippen molar-refractivity contribution in [2.45, 2.75) is 33.2 Å². The van der Waals surface area contributed by atoms with Crippen LogP contribution in [0.25, 0.3) is 11.0 Å². The number of hydrogen-bond acceptors (Lipinski definition) is 4. The number of hydrogen-bond donors (Lipinski definition) is 1. The first kappa shape index (κ1) is 13.5. The zero-order valence-corrected chi connectivity index (χ0v) is 12.3. The Morgan fingerprint density at radius 2 is 2.14 bits per heavy atom. The summed E-state index contributed by atoms with van der Waals surface area (Å²) in [6.07, 6.45) is 3.50. The van der Waals surface area contributed by atoms with E-state index in [4.69, 9.17) is 0 Å². The zero-order chi connectivity index (χ0) is 15.0. The second-order valence-corrected chi connectivity index (χ2v) is 5.40. The van der Waals surface area contributed by atoms with E-state index >= 15 is 0 Å². The third-order valence-corrected chi connectivity index (χ3v) is 3.36. The zero-order valence-electron chi connectivity index (χ0n) is 12.3. The topological polar surface area (TPSA) is 76.5 Å². The smallest absolute Gasteiger partial charge is 0.267 e. The molecule has 0 radical (unpaired) electrons. The number of fused-ring (bicyclic) bond motifs is 1. The van der Waals surface area contributed by atoms with Gasteiger partial charge < -0.3 is 0 Å². The Kier molecular flexibility index (Phi) is 3.29. The van der Waals surface area contributed by atoms with Crippen LogP contribution in [0.3, 0.4) is 0 Å². The van der Waals surface area contributed by atoms with Gasteiger partial charge in [0.15, 0.2) is 5.65 Å². The van der Waals surface area contributed by atoms with Crippen molar-refractivity contribution in [2.75, 3.05) is 0 Å². The molecule has 3 rings (SSSR count). The van der Waals surface area contributed by atoms with Crippen LogP contribution in [0.1, 0.15) is 36.8 Å². The molecule has 0 spiro atoms. The van der Waals surface area contributed by atoms with E-state index in [0.29, 0.717) is 23.4 Å². The first-order chi connectivity index (χ1) is 10.1. The maximum Gasteiger partial charge on any atom is 0.275 e. The second kappa shape index (κ2) is 5.12. The lowest BCUT2D eigenvalue weighted by atomic mass is 10.1. The molecule has 6 heteroatoms. The van der Waals surface area contributed by atoms with Gasteiger partial charge in [-0.25, -0.2) is 9.97 Å². The molecule has 3 aromatic heterocycles. The molecule has 0 atom stereocenters. The van der Waals surface area contributed by atoms with Crippen LogP contribution in [0, 0.1) is 6.92 Å². The molecular weight excluding hydrogens is 266 g/mol. The number of pyridine rings is 1. The third kappa shape index (κ3) is 2.44.